The van der Waals surface area contributed by atoms with Crippen molar-refractivity contribution in [2.75, 3.05) is 33.2 Å². The van der Waals surface area contributed by atoms with Crippen molar-refractivity contribution in [3.63, 3.8) is 0 Å². The average molecular weight is 290 g/mol. The molecular formula is C16H26N4O. The minimum atomic E-state index is 0.293. The van der Waals surface area contributed by atoms with Crippen LogP contribution in [0.15, 0.2) is 17.2 Å². The van der Waals surface area contributed by atoms with Crippen molar-refractivity contribution in [3.05, 3.63) is 24.4 Å². The molecule has 3 heterocycles. The summed E-state index contributed by atoms with van der Waals surface area (Å²) in [4.78, 5) is 9.44. The van der Waals surface area contributed by atoms with E-state index in [9.17, 15) is 0 Å². The Labute approximate surface area is 127 Å². The molecule has 5 nitrogen and oxygen atoms in total. The van der Waals surface area contributed by atoms with Crippen LogP contribution in [0.4, 0.5) is 0 Å². The molecule has 0 aromatic carbocycles. The Balaban J connectivity index is 1.59. The van der Waals surface area contributed by atoms with E-state index < -0.39 is 0 Å². The Morgan fingerprint density at radius 3 is 2.86 bits per heavy atom. The summed E-state index contributed by atoms with van der Waals surface area (Å²) in [6.45, 7) is 8.20. The van der Waals surface area contributed by atoms with Crippen LogP contribution in [0.5, 0.6) is 0 Å². The lowest BCUT2D eigenvalue weighted by atomic mass is 9.94. The summed E-state index contributed by atoms with van der Waals surface area (Å²) in [5.41, 5.74) is 0. The highest BCUT2D eigenvalue weighted by Crippen LogP contribution is 2.31. The Kier molecular flexibility index (Phi) is 4.70. The number of likely N-dealkylation sites (tertiary alicyclic amines) is 2. The first-order chi connectivity index (χ1) is 10.3. The minimum Gasteiger partial charge on any atom is -0.338 e. The van der Waals surface area contributed by atoms with E-state index in [0.717, 1.165) is 37.6 Å². The largest absolute Gasteiger partial charge is 0.338 e. The van der Waals surface area contributed by atoms with Gasteiger partial charge in [-0.15, -0.1) is 6.58 Å². The average Bonchev–Trinajstić information content (AvgIpc) is 3.11. The molecular weight excluding hydrogens is 264 g/mol. The molecule has 1 atom stereocenters. The molecule has 0 amide bonds. The van der Waals surface area contributed by atoms with E-state index in [2.05, 4.69) is 33.6 Å². The number of piperidine rings is 1. The summed E-state index contributed by atoms with van der Waals surface area (Å²) < 4.78 is 5.54. The quantitative estimate of drug-likeness (QED) is 0.779. The van der Waals surface area contributed by atoms with Crippen LogP contribution >= 0.6 is 0 Å². The fourth-order valence-corrected chi connectivity index (χ4v) is 3.50. The van der Waals surface area contributed by atoms with Gasteiger partial charge in [-0.3, -0.25) is 4.90 Å². The predicted octanol–water partition coefficient (Wildman–Crippen LogP) is 2.28. The fraction of sp³-hybridized carbons (Fsp3) is 0.750. The molecule has 2 saturated heterocycles. The van der Waals surface area contributed by atoms with E-state index >= 15 is 0 Å². The fourth-order valence-electron chi connectivity index (χ4n) is 3.50. The lowest BCUT2D eigenvalue weighted by Gasteiger charge is -2.28. The second-order valence-electron chi connectivity index (χ2n) is 6.44. The maximum atomic E-state index is 5.54. The van der Waals surface area contributed by atoms with Gasteiger partial charge in [0.25, 0.3) is 0 Å². The Morgan fingerprint density at radius 2 is 2.10 bits per heavy atom. The topological polar surface area (TPSA) is 45.4 Å². The number of hydrogen-bond donors (Lipinski definition) is 0. The van der Waals surface area contributed by atoms with E-state index in [0.29, 0.717) is 12.0 Å². The van der Waals surface area contributed by atoms with E-state index in [1.54, 1.807) is 0 Å². The van der Waals surface area contributed by atoms with Crippen LogP contribution in [0.25, 0.3) is 0 Å². The van der Waals surface area contributed by atoms with Crippen molar-refractivity contribution in [3.8, 4) is 0 Å². The van der Waals surface area contributed by atoms with Gasteiger partial charge >= 0.3 is 0 Å². The van der Waals surface area contributed by atoms with Gasteiger partial charge in [0.1, 0.15) is 0 Å². The molecule has 0 saturated carbocycles. The van der Waals surface area contributed by atoms with E-state index in [-0.39, 0.29) is 0 Å². The summed E-state index contributed by atoms with van der Waals surface area (Å²) >= 11 is 0. The van der Waals surface area contributed by atoms with Crippen molar-refractivity contribution in [2.24, 2.45) is 5.92 Å². The molecule has 5 heteroatoms. The molecule has 0 radical (unpaired) electrons. The van der Waals surface area contributed by atoms with Gasteiger partial charge in [-0.2, -0.15) is 4.98 Å². The molecule has 1 aromatic heterocycles. The van der Waals surface area contributed by atoms with Gasteiger partial charge in [0.15, 0.2) is 5.82 Å². The van der Waals surface area contributed by atoms with Crippen molar-refractivity contribution < 1.29 is 4.52 Å². The molecule has 3 rings (SSSR count). The Hall–Kier alpha value is -1.20. The van der Waals surface area contributed by atoms with Crippen LogP contribution in [-0.2, 0) is 6.42 Å². The standard InChI is InChI=1S/C16H26N4O/c1-3-8-20-9-4-5-14(20)16-17-15(18-21-16)12-13-6-10-19(2)11-7-13/h3,13-14H,1,4-12H2,2H3. The van der Waals surface area contributed by atoms with Gasteiger partial charge in [-0.25, -0.2) is 0 Å². The van der Waals surface area contributed by atoms with Crippen LogP contribution in [-0.4, -0.2) is 53.2 Å². The van der Waals surface area contributed by atoms with Crippen LogP contribution < -0.4 is 0 Å². The summed E-state index contributed by atoms with van der Waals surface area (Å²) in [7, 11) is 2.19. The van der Waals surface area contributed by atoms with Gasteiger partial charge in [0.05, 0.1) is 6.04 Å². The van der Waals surface area contributed by atoms with Crippen molar-refractivity contribution in [1.82, 2.24) is 19.9 Å². The van der Waals surface area contributed by atoms with Gasteiger partial charge in [0.2, 0.25) is 5.89 Å². The molecule has 2 aliphatic heterocycles. The van der Waals surface area contributed by atoms with Gasteiger partial charge in [0, 0.05) is 13.0 Å². The molecule has 0 N–H and O–H groups in total. The van der Waals surface area contributed by atoms with Gasteiger partial charge in [-0.1, -0.05) is 11.2 Å². The maximum Gasteiger partial charge on any atom is 0.244 e. The highest BCUT2D eigenvalue weighted by Gasteiger charge is 2.30. The summed E-state index contributed by atoms with van der Waals surface area (Å²) in [5, 5.41) is 4.22. The lowest BCUT2D eigenvalue weighted by molar-refractivity contribution is 0.215. The number of aromatic nitrogens is 2. The van der Waals surface area contributed by atoms with Crippen LogP contribution in [0.3, 0.4) is 0 Å². The molecule has 21 heavy (non-hydrogen) atoms. The van der Waals surface area contributed by atoms with Crippen molar-refractivity contribution in [2.45, 2.75) is 38.1 Å². The van der Waals surface area contributed by atoms with E-state index in [1.807, 2.05) is 6.08 Å². The van der Waals surface area contributed by atoms with Crippen molar-refractivity contribution >= 4 is 0 Å². The van der Waals surface area contributed by atoms with Crippen LogP contribution in [0.1, 0.15) is 43.4 Å². The van der Waals surface area contributed by atoms with Gasteiger partial charge in [-0.05, 0) is 58.3 Å². The number of nitrogens with zero attached hydrogens (tertiary/aromatic N) is 4. The third-order valence-corrected chi connectivity index (χ3v) is 4.81. The molecule has 0 spiro atoms. The second-order valence-corrected chi connectivity index (χ2v) is 6.44. The second kappa shape index (κ2) is 6.71. The molecule has 116 valence electrons. The molecule has 1 unspecified atom stereocenters. The van der Waals surface area contributed by atoms with Crippen LogP contribution in [0.2, 0.25) is 0 Å². The Bertz CT molecular complexity index is 465. The highest BCUT2D eigenvalue weighted by atomic mass is 16.5. The predicted molar refractivity (Wildman–Crippen MR) is 82.0 cm³/mol. The first-order valence-corrected chi connectivity index (χ1v) is 8.12. The summed E-state index contributed by atoms with van der Waals surface area (Å²) in [6, 6.07) is 0.293. The maximum absolute atomic E-state index is 5.54. The monoisotopic (exact) mass is 290 g/mol. The third kappa shape index (κ3) is 3.52. The summed E-state index contributed by atoms with van der Waals surface area (Å²) in [6.07, 6.45) is 7.72. The zero-order valence-corrected chi connectivity index (χ0v) is 13.0. The SMILES string of the molecule is C=CCN1CCCC1c1nc(CC2CCN(C)CC2)no1. The van der Waals surface area contributed by atoms with Gasteiger partial charge < -0.3 is 9.42 Å². The highest BCUT2D eigenvalue weighted by molar-refractivity contribution is 4.99. The van der Waals surface area contributed by atoms with Crippen LogP contribution in [0, 0.1) is 5.92 Å². The molecule has 2 aliphatic rings. The number of hydrogen-bond acceptors (Lipinski definition) is 5. The van der Waals surface area contributed by atoms with Crippen molar-refractivity contribution in [1.29, 1.82) is 0 Å². The smallest absolute Gasteiger partial charge is 0.244 e. The molecule has 2 fully saturated rings. The summed E-state index contributed by atoms with van der Waals surface area (Å²) in [5.74, 6) is 2.40. The minimum absolute atomic E-state index is 0.293. The molecule has 0 aliphatic carbocycles. The molecule has 0 bridgehead atoms. The third-order valence-electron chi connectivity index (χ3n) is 4.81. The Morgan fingerprint density at radius 1 is 1.29 bits per heavy atom. The number of rotatable bonds is 5. The first kappa shape index (κ1) is 14.7. The lowest BCUT2D eigenvalue weighted by Crippen LogP contribution is -2.31. The van der Waals surface area contributed by atoms with E-state index in [1.165, 1.54) is 32.4 Å². The van der Waals surface area contributed by atoms with E-state index in [4.69, 9.17) is 4.52 Å². The zero-order valence-electron chi connectivity index (χ0n) is 13.0. The molecule has 1 aromatic rings. The first-order valence-electron chi connectivity index (χ1n) is 8.12. The zero-order chi connectivity index (χ0) is 14.7. The normalized spacial score (nSPS) is 25.5.